The van der Waals surface area contributed by atoms with Crippen molar-refractivity contribution in [1.29, 1.82) is 0 Å². The molecule has 5 nitrogen and oxygen atoms in total. The molecule has 1 unspecified atom stereocenters. The van der Waals surface area contributed by atoms with Crippen LogP contribution in [0.2, 0.25) is 0 Å². The van der Waals surface area contributed by atoms with Gasteiger partial charge in [0, 0.05) is 10.9 Å². The normalized spacial score (nSPS) is 12.1. The maximum atomic E-state index is 12.6. The van der Waals surface area contributed by atoms with Crippen molar-refractivity contribution in [3.63, 3.8) is 0 Å². The monoisotopic (exact) mass is 358 g/mol. The van der Waals surface area contributed by atoms with Crippen LogP contribution in [0.25, 0.3) is 21.7 Å². The number of amides is 2. The highest BCUT2D eigenvalue weighted by atomic mass is 16.3. The fourth-order valence-corrected chi connectivity index (χ4v) is 3.35. The van der Waals surface area contributed by atoms with Gasteiger partial charge in [-0.15, -0.1) is 0 Å². The van der Waals surface area contributed by atoms with Gasteiger partial charge in [0.1, 0.15) is 11.6 Å². The lowest BCUT2D eigenvalue weighted by Gasteiger charge is -2.15. The van der Waals surface area contributed by atoms with Gasteiger partial charge in [-0.1, -0.05) is 60.7 Å². The molecule has 4 rings (SSSR count). The Balaban J connectivity index is 1.63. The molecule has 3 aromatic carbocycles. The molecule has 3 N–H and O–H groups in total. The van der Waals surface area contributed by atoms with Gasteiger partial charge in [-0.05, 0) is 22.4 Å². The molecule has 1 heterocycles. The van der Waals surface area contributed by atoms with Crippen molar-refractivity contribution in [2.24, 2.45) is 5.73 Å². The Kier molecular flexibility index (Phi) is 4.34. The summed E-state index contributed by atoms with van der Waals surface area (Å²) in [5, 5.41) is 5.75. The molecule has 0 bridgehead atoms. The Bertz CT molecular complexity index is 1130. The van der Waals surface area contributed by atoms with Crippen LogP contribution in [-0.4, -0.2) is 11.8 Å². The summed E-state index contributed by atoms with van der Waals surface area (Å²) in [5.41, 5.74) is 7.64. The molecular formula is C22H18N2O3. The minimum absolute atomic E-state index is 0.0949. The number of carbonyl (C=O) groups is 2. The summed E-state index contributed by atoms with van der Waals surface area (Å²) in [6.45, 7) is 0. The number of benzene rings is 3. The van der Waals surface area contributed by atoms with Crippen LogP contribution in [0.1, 0.15) is 17.2 Å². The van der Waals surface area contributed by atoms with E-state index in [2.05, 4.69) is 5.32 Å². The molecule has 1 atom stereocenters. The van der Waals surface area contributed by atoms with Crippen LogP contribution in [0.15, 0.2) is 77.4 Å². The summed E-state index contributed by atoms with van der Waals surface area (Å²) in [7, 11) is 0. The Morgan fingerprint density at radius 2 is 1.70 bits per heavy atom. The van der Waals surface area contributed by atoms with Gasteiger partial charge in [-0.3, -0.25) is 9.59 Å². The van der Waals surface area contributed by atoms with E-state index in [1.54, 1.807) is 30.5 Å². The number of primary amides is 1. The first-order valence-corrected chi connectivity index (χ1v) is 8.65. The van der Waals surface area contributed by atoms with Gasteiger partial charge in [-0.2, -0.15) is 0 Å². The molecule has 0 radical (unpaired) electrons. The molecule has 1 aromatic heterocycles. The number of carbonyl (C=O) groups excluding carboxylic acids is 2. The largest absolute Gasteiger partial charge is 0.464 e. The van der Waals surface area contributed by atoms with Gasteiger partial charge in [0.05, 0.1) is 12.7 Å². The van der Waals surface area contributed by atoms with Crippen molar-refractivity contribution in [3.05, 3.63) is 84.1 Å². The lowest BCUT2D eigenvalue weighted by Crippen LogP contribution is -2.38. The molecule has 2 amide bonds. The van der Waals surface area contributed by atoms with Crippen LogP contribution >= 0.6 is 0 Å². The van der Waals surface area contributed by atoms with Crippen LogP contribution < -0.4 is 11.1 Å². The molecule has 0 saturated carbocycles. The molecule has 0 aliphatic heterocycles. The molecule has 0 aliphatic rings. The third-order valence-corrected chi connectivity index (χ3v) is 4.61. The Morgan fingerprint density at radius 3 is 2.48 bits per heavy atom. The van der Waals surface area contributed by atoms with Crippen LogP contribution in [-0.2, 0) is 16.0 Å². The predicted molar refractivity (Wildman–Crippen MR) is 104 cm³/mol. The highest BCUT2D eigenvalue weighted by molar-refractivity contribution is 6.08. The van der Waals surface area contributed by atoms with E-state index in [0.29, 0.717) is 5.56 Å². The first-order valence-electron chi connectivity index (χ1n) is 8.65. The van der Waals surface area contributed by atoms with E-state index >= 15 is 0 Å². The molecule has 27 heavy (non-hydrogen) atoms. The lowest BCUT2D eigenvalue weighted by atomic mass is 10.0. The fraction of sp³-hybridized carbons (Fsp3) is 0.0909. The van der Waals surface area contributed by atoms with E-state index in [9.17, 15) is 9.59 Å². The van der Waals surface area contributed by atoms with Crippen molar-refractivity contribution in [1.82, 2.24) is 5.32 Å². The van der Waals surface area contributed by atoms with Gasteiger partial charge in [-0.25, -0.2) is 0 Å². The number of fused-ring (bicyclic) bond motifs is 3. The van der Waals surface area contributed by atoms with Crippen molar-refractivity contribution >= 4 is 33.6 Å². The van der Waals surface area contributed by atoms with E-state index in [1.807, 2.05) is 42.5 Å². The number of hydrogen-bond donors (Lipinski definition) is 2. The van der Waals surface area contributed by atoms with Gasteiger partial charge >= 0.3 is 0 Å². The summed E-state index contributed by atoms with van der Waals surface area (Å²) in [5.74, 6) is -0.893. The standard InChI is InChI=1S/C22H18N2O3/c23-22(26)21(15-7-2-1-3-8-15)24-19(25)12-16-13-27-18-11-10-14-6-4-5-9-17(14)20(16)18/h1-11,13,21H,12H2,(H2,23,26)(H,24,25). The Hall–Kier alpha value is -3.60. The third kappa shape index (κ3) is 3.27. The second kappa shape index (κ2) is 6.96. The fourth-order valence-electron chi connectivity index (χ4n) is 3.35. The average molecular weight is 358 g/mol. The van der Waals surface area contributed by atoms with Crippen LogP contribution in [0.4, 0.5) is 0 Å². The number of rotatable bonds is 5. The average Bonchev–Trinajstić information content (AvgIpc) is 3.10. The van der Waals surface area contributed by atoms with E-state index in [1.165, 1.54) is 0 Å². The Labute approximate surface area is 155 Å². The van der Waals surface area contributed by atoms with Crippen LogP contribution in [0.5, 0.6) is 0 Å². The third-order valence-electron chi connectivity index (χ3n) is 4.61. The SMILES string of the molecule is NC(=O)C(NC(=O)Cc1coc2ccc3ccccc3c12)c1ccccc1. The highest BCUT2D eigenvalue weighted by Crippen LogP contribution is 2.30. The smallest absolute Gasteiger partial charge is 0.244 e. The minimum atomic E-state index is -0.867. The van der Waals surface area contributed by atoms with Crippen LogP contribution in [0.3, 0.4) is 0 Å². The quantitative estimate of drug-likeness (QED) is 0.573. The zero-order valence-corrected chi connectivity index (χ0v) is 14.5. The van der Waals surface area contributed by atoms with E-state index in [-0.39, 0.29) is 12.3 Å². The molecule has 0 saturated heterocycles. The maximum Gasteiger partial charge on any atom is 0.244 e. The van der Waals surface area contributed by atoms with Gasteiger partial charge < -0.3 is 15.5 Å². The molecular weight excluding hydrogens is 340 g/mol. The number of furan rings is 1. The van der Waals surface area contributed by atoms with Crippen molar-refractivity contribution in [2.45, 2.75) is 12.5 Å². The predicted octanol–water partition coefficient (Wildman–Crippen LogP) is 3.47. The topological polar surface area (TPSA) is 85.3 Å². The summed E-state index contributed by atoms with van der Waals surface area (Å²) in [6, 6.07) is 19.9. The lowest BCUT2D eigenvalue weighted by molar-refractivity contribution is -0.127. The van der Waals surface area contributed by atoms with E-state index in [0.717, 1.165) is 27.3 Å². The van der Waals surface area contributed by atoms with Gasteiger partial charge in [0.2, 0.25) is 11.8 Å². The summed E-state index contributed by atoms with van der Waals surface area (Å²) in [6.07, 6.45) is 1.69. The maximum absolute atomic E-state index is 12.6. The van der Waals surface area contributed by atoms with Crippen molar-refractivity contribution < 1.29 is 14.0 Å². The molecule has 0 aliphatic carbocycles. The zero-order chi connectivity index (χ0) is 18.8. The highest BCUT2D eigenvalue weighted by Gasteiger charge is 2.21. The van der Waals surface area contributed by atoms with Crippen molar-refractivity contribution in [3.8, 4) is 0 Å². The van der Waals surface area contributed by atoms with Crippen molar-refractivity contribution in [2.75, 3.05) is 0 Å². The summed E-state index contributed by atoms with van der Waals surface area (Å²) in [4.78, 5) is 24.4. The van der Waals surface area contributed by atoms with Gasteiger partial charge in [0.25, 0.3) is 0 Å². The second-order valence-corrected chi connectivity index (χ2v) is 6.41. The van der Waals surface area contributed by atoms with E-state index in [4.69, 9.17) is 10.2 Å². The van der Waals surface area contributed by atoms with Crippen LogP contribution in [0, 0.1) is 0 Å². The summed E-state index contributed by atoms with van der Waals surface area (Å²) >= 11 is 0. The Morgan fingerprint density at radius 1 is 0.963 bits per heavy atom. The minimum Gasteiger partial charge on any atom is -0.464 e. The molecule has 0 fully saturated rings. The molecule has 0 spiro atoms. The first-order chi connectivity index (χ1) is 13.1. The molecule has 4 aromatic rings. The number of nitrogens with one attached hydrogen (secondary N) is 1. The first kappa shape index (κ1) is 16.8. The number of hydrogen-bond acceptors (Lipinski definition) is 3. The zero-order valence-electron chi connectivity index (χ0n) is 14.5. The number of nitrogens with two attached hydrogens (primary N) is 1. The van der Waals surface area contributed by atoms with Gasteiger partial charge in [0.15, 0.2) is 0 Å². The van der Waals surface area contributed by atoms with E-state index < -0.39 is 11.9 Å². The summed E-state index contributed by atoms with van der Waals surface area (Å²) < 4.78 is 5.62. The second-order valence-electron chi connectivity index (χ2n) is 6.41. The molecule has 134 valence electrons. The molecule has 5 heteroatoms.